The first-order valence-electron chi connectivity index (χ1n) is 9.63. The Hall–Kier alpha value is -2.90. The van der Waals surface area contributed by atoms with Gasteiger partial charge in [-0.25, -0.2) is 0 Å². The number of benzene rings is 1. The summed E-state index contributed by atoms with van der Waals surface area (Å²) in [4.78, 5) is 30.1. The van der Waals surface area contributed by atoms with Crippen LogP contribution in [0.15, 0.2) is 70.7 Å². The first kappa shape index (κ1) is 19.4. The molecular weight excluding hydrogens is 386 g/mol. The van der Waals surface area contributed by atoms with E-state index in [1.807, 2.05) is 47.8 Å². The van der Waals surface area contributed by atoms with Gasteiger partial charge in [-0.05, 0) is 29.1 Å². The molecule has 6 nitrogen and oxygen atoms in total. The highest BCUT2D eigenvalue weighted by Crippen LogP contribution is 2.25. The average Bonchev–Trinajstić information content (AvgIpc) is 3.47. The summed E-state index contributed by atoms with van der Waals surface area (Å²) in [5.41, 5.74) is 1.07. The van der Waals surface area contributed by atoms with Crippen molar-refractivity contribution in [2.24, 2.45) is 0 Å². The van der Waals surface area contributed by atoms with Gasteiger partial charge in [-0.3, -0.25) is 14.5 Å². The smallest absolute Gasteiger partial charge is 0.289 e. The first-order chi connectivity index (χ1) is 14.2. The summed E-state index contributed by atoms with van der Waals surface area (Å²) >= 11 is 1.63. The Morgan fingerprint density at radius 2 is 1.79 bits per heavy atom. The molecule has 1 aliphatic rings. The minimum Gasteiger partial charge on any atom is -0.459 e. The van der Waals surface area contributed by atoms with Gasteiger partial charge in [0.2, 0.25) is 5.91 Å². The van der Waals surface area contributed by atoms with Crippen LogP contribution < -0.4 is 5.32 Å². The van der Waals surface area contributed by atoms with Crippen molar-refractivity contribution in [1.82, 2.24) is 15.1 Å². The van der Waals surface area contributed by atoms with Crippen LogP contribution in [0.5, 0.6) is 0 Å². The first-order valence-corrected chi connectivity index (χ1v) is 10.5. The number of hydrogen-bond donors (Lipinski definition) is 1. The van der Waals surface area contributed by atoms with Crippen LogP contribution in [0.2, 0.25) is 0 Å². The number of piperazine rings is 1. The molecule has 2 aromatic heterocycles. The number of nitrogens with zero attached hydrogens (tertiary/aromatic N) is 2. The van der Waals surface area contributed by atoms with E-state index in [0.717, 1.165) is 10.4 Å². The minimum absolute atomic E-state index is 0.0157. The van der Waals surface area contributed by atoms with Crippen molar-refractivity contribution in [3.05, 3.63) is 82.4 Å². The minimum atomic E-state index is -0.148. The zero-order valence-corrected chi connectivity index (χ0v) is 16.8. The van der Waals surface area contributed by atoms with E-state index in [0.29, 0.717) is 38.5 Å². The molecule has 1 unspecified atom stereocenters. The van der Waals surface area contributed by atoms with Crippen LogP contribution in [-0.4, -0.2) is 54.3 Å². The van der Waals surface area contributed by atoms with Crippen LogP contribution in [0.3, 0.4) is 0 Å². The second-order valence-electron chi connectivity index (χ2n) is 6.97. The van der Waals surface area contributed by atoms with Crippen molar-refractivity contribution in [2.45, 2.75) is 6.04 Å². The highest BCUT2D eigenvalue weighted by atomic mass is 32.1. The van der Waals surface area contributed by atoms with E-state index >= 15 is 0 Å². The third-order valence-corrected chi connectivity index (χ3v) is 5.96. The molecule has 0 saturated carbocycles. The summed E-state index contributed by atoms with van der Waals surface area (Å²) in [5.74, 6) is 0.247. The third kappa shape index (κ3) is 4.75. The Morgan fingerprint density at radius 3 is 2.45 bits per heavy atom. The molecule has 150 valence electrons. The monoisotopic (exact) mass is 409 g/mol. The molecule has 0 spiro atoms. The molecule has 4 rings (SSSR count). The lowest BCUT2D eigenvalue weighted by Gasteiger charge is -2.34. The predicted octanol–water partition coefficient (Wildman–Crippen LogP) is 3.00. The normalized spacial score (nSPS) is 15.8. The highest BCUT2D eigenvalue weighted by molar-refractivity contribution is 7.10. The van der Waals surface area contributed by atoms with E-state index in [1.165, 1.54) is 6.26 Å². The van der Waals surface area contributed by atoms with Gasteiger partial charge >= 0.3 is 0 Å². The van der Waals surface area contributed by atoms with E-state index in [-0.39, 0.29) is 17.9 Å². The Balaban J connectivity index is 1.33. The lowest BCUT2D eigenvalue weighted by atomic mass is 10.1. The summed E-state index contributed by atoms with van der Waals surface area (Å²) in [6.07, 6.45) is 1.50. The van der Waals surface area contributed by atoms with Crippen LogP contribution >= 0.6 is 11.3 Å². The van der Waals surface area contributed by atoms with Crippen molar-refractivity contribution < 1.29 is 14.0 Å². The van der Waals surface area contributed by atoms with Crippen molar-refractivity contribution in [1.29, 1.82) is 0 Å². The lowest BCUT2D eigenvalue weighted by molar-refractivity contribution is -0.123. The van der Waals surface area contributed by atoms with E-state index in [4.69, 9.17) is 4.42 Å². The van der Waals surface area contributed by atoms with Crippen LogP contribution in [0.4, 0.5) is 0 Å². The van der Waals surface area contributed by atoms with Gasteiger partial charge in [-0.15, -0.1) is 11.3 Å². The van der Waals surface area contributed by atoms with Gasteiger partial charge in [0.05, 0.1) is 18.8 Å². The van der Waals surface area contributed by atoms with E-state index in [2.05, 4.69) is 10.2 Å². The molecule has 0 radical (unpaired) electrons. The second-order valence-corrected chi connectivity index (χ2v) is 7.95. The summed E-state index contributed by atoms with van der Waals surface area (Å²) in [6.45, 7) is 2.81. The number of carbonyl (C=O) groups is 2. The lowest BCUT2D eigenvalue weighted by Crippen LogP contribution is -2.51. The fourth-order valence-corrected chi connectivity index (χ4v) is 4.30. The Bertz CT molecular complexity index is 918. The van der Waals surface area contributed by atoms with Crippen molar-refractivity contribution in [3.8, 4) is 0 Å². The van der Waals surface area contributed by atoms with Crippen LogP contribution in [0.25, 0.3) is 0 Å². The third-order valence-electron chi connectivity index (χ3n) is 5.02. The Kier molecular flexibility index (Phi) is 6.07. The van der Waals surface area contributed by atoms with E-state index in [9.17, 15) is 9.59 Å². The molecular formula is C22H23N3O3S. The maximum Gasteiger partial charge on any atom is 0.289 e. The number of furan rings is 1. The fourth-order valence-electron chi connectivity index (χ4n) is 3.49. The van der Waals surface area contributed by atoms with Crippen molar-refractivity contribution >= 4 is 23.2 Å². The van der Waals surface area contributed by atoms with Gasteiger partial charge in [0, 0.05) is 31.1 Å². The number of thiophene rings is 1. The maximum absolute atomic E-state index is 12.7. The fraction of sp³-hybridized carbons (Fsp3) is 0.273. The number of amides is 2. The Morgan fingerprint density at radius 1 is 1.00 bits per heavy atom. The summed E-state index contributed by atoms with van der Waals surface area (Å²) in [5, 5.41) is 5.19. The standard InChI is InChI=1S/C22H23N3O3S/c26-20(23-21(19-9-5-15-29-19)17-6-2-1-3-7-17)16-24-10-12-25(13-11-24)22(27)18-8-4-14-28-18/h1-9,14-15,21H,10-13,16H2,(H,23,26). The number of hydrogen-bond acceptors (Lipinski definition) is 5. The zero-order valence-electron chi connectivity index (χ0n) is 16.0. The quantitative estimate of drug-likeness (QED) is 0.680. The summed E-state index contributed by atoms with van der Waals surface area (Å²) in [7, 11) is 0. The average molecular weight is 410 g/mol. The molecule has 3 heterocycles. The Labute approximate surface area is 173 Å². The molecule has 1 atom stereocenters. The van der Waals surface area contributed by atoms with Crippen LogP contribution in [0.1, 0.15) is 27.0 Å². The van der Waals surface area contributed by atoms with Gasteiger partial charge in [0.15, 0.2) is 5.76 Å². The molecule has 29 heavy (non-hydrogen) atoms. The summed E-state index contributed by atoms with van der Waals surface area (Å²) in [6, 6.07) is 17.3. The van der Waals surface area contributed by atoms with Gasteiger partial charge < -0.3 is 14.6 Å². The van der Waals surface area contributed by atoms with Gasteiger partial charge in [0.25, 0.3) is 5.91 Å². The number of rotatable bonds is 6. The number of nitrogens with one attached hydrogen (secondary N) is 1. The molecule has 1 saturated heterocycles. The van der Waals surface area contributed by atoms with Crippen molar-refractivity contribution in [2.75, 3.05) is 32.7 Å². The van der Waals surface area contributed by atoms with E-state index < -0.39 is 0 Å². The molecule has 1 aromatic carbocycles. The SMILES string of the molecule is O=C(CN1CCN(C(=O)c2ccco2)CC1)NC(c1ccccc1)c1cccs1. The highest BCUT2D eigenvalue weighted by Gasteiger charge is 2.25. The van der Waals surface area contributed by atoms with E-state index in [1.54, 1.807) is 28.4 Å². The van der Waals surface area contributed by atoms with Gasteiger partial charge in [-0.1, -0.05) is 36.4 Å². The van der Waals surface area contributed by atoms with Gasteiger partial charge in [-0.2, -0.15) is 0 Å². The largest absolute Gasteiger partial charge is 0.459 e. The summed E-state index contributed by atoms with van der Waals surface area (Å²) < 4.78 is 5.19. The zero-order chi connectivity index (χ0) is 20.1. The maximum atomic E-state index is 12.7. The van der Waals surface area contributed by atoms with Crippen LogP contribution in [0, 0.1) is 0 Å². The second kappa shape index (κ2) is 9.07. The van der Waals surface area contributed by atoms with Crippen LogP contribution in [-0.2, 0) is 4.79 Å². The molecule has 1 N–H and O–H groups in total. The molecule has 0 bridgehead atoms. The molecule has 7 heteroatoms. The predicted molar refractivity (Wildman–Crippen MR) is 112 cm³/mol. The van der Waals surface area contributed by atoms with Gasteiger partial charge in [0.1, 0.15) is 0 Å². The topological polar surface area (TPSA) is 65.8 Å². The van der Waals surface area contributed by atoms with Crippen molar-refractivity contribution in [3.63, 3.8) is 0 Å². The molecule has 2 amide bonds. The molecule has 3 aromatic rings. The molecule has 0 aliphatic carbocycles. The molecule has 1 fully saturated rings. The molecule has 1 aliphatic heterocycles. The number of carbonyl (C=O) groups excluding carboxylic acids is 2.